The highest BCUT2D eigenvalue weighted by Gasteiger charge is 2.30. The van der Waals surface area contributed by atoms with Crippen molar-refractivity contribution in [1.82, 2.24) is 0 Å². The fraction of sp³-hybridized carbons (Fsp3) is 0.167. The number of nitrogens with two attached hydrogens (primary N) is 1. The lowest BCUT2D eigenvalue weighted by Gasteiger charge is -2.17. The van der Waals surface area contributed by atoms with E-state index in [0.29, 0.717) is 5.56 Å². The Morgan fingerprint density at radius 1 is 1.06 bits per heavy atom. The van der Waals surface area contributed by atoms with Crippen LogP contribution in [0.1, 0.15) is 32.4 Å². The molecule has 3 aromatic rings. The van der Waals surface area contributed by atoms with Crippen LogP contribution in [0.25, 0.3) is 0 Å². The van der Waals surface area contributed by atoms with Gasteiger partial charge in [-0.05, 0) is 60.2 Å². The number of aliphatic carboxylic acids is 1. The van der Waals surface area contributed by atoms with Gasteiger partial charge in [-0.1, -0.05) is 12.1 Å². The summed E-state index contributed by atoms with van der Waals surface area (Å²) in [5.41, 5.74) is 5.44. The molecule has 0 fully saturated rings. The number of sulfone groups is 1. The summed E-state index contributed by atoms with van der Waals surface area (Å²) in [7, 11) is -3.75. The van der Waals surface area contributed by atoms with Gasteiger partial charge in [-0.3, -0.25) is 9.59 Å². The number of carbonyl (C=O) groups is 2. The van der Waals surface area contributed by atoms with Crippen LogP contribution in [0.4, 0.5) is 18.9 Å². The third-order valence-electron chi connectivity index (χ3n) is 4.99. The Hall–Kier alpha value is -3.90. The van der Waals surface area contributed by atoms with Crippen LogP contribution in [0, 0.1) is 0 Å². The molecule has 3 aromatic carbocycles. The molecule has 0 bridgehead atoms. The SMILES string of the molecule is CS(=O)(=O)C(N)c1cc(CC(=O)O)ccc1Oc1ccc(C(=O)Nc2cccc(C(F)(F)F)c2)cc1. The average molecular weight is 523 g/mol. The number of halogens is 3. The first-order chi connectivity index (χ1) is 16.7. The number of hydrogen-bond acceptors (Lipinski definition) is 6. The summed E-state index contributed by atoms with van der Waals surface area (Å²) in [4.78, 5) is 23.5. The van der Waals surface area contributed by atoms with Crippen molar-refractivity contribution >= 4 is 27.4 Å². The molecule has 0 aliphatic rings. The number of rotatable bonds is 8. The molecule has 1 unspecified atom stereocenters. The Bertz CT molecular complexity index is 1390. The first-order valence-corrected chi connectivity index (χ1v) is 12.2. The van der Waals surface area contributed by atoms with Crippen molar-refractivity contribution in [2.75, 3.05) is 11.6 Å². The highest BCUT2D eigenvalue weighted by atomic mass is 32.2. The topological polar surface area (TPSA) is 136 Å². The summed E-state index contributed by atoms with van der Waals surface area (Å²) in [6.45, 7) is 0. The molecule has 0 aromatic heterocycles. The Morgan fingerprint density at radius 2 is 1.72 bits per heavy atom. The summed E-state index contributed by atoms with van der Waals surface area (Å²) in [5, 5.41) is 9.93. The largest absolute Gasteiger partial charge is 0.481 e. The van der Waals surface area contributed by atoms with Gasteiger partial charge in [-0.25, -0.2) is 8.42 Å². The number of nitrogens with one attached hydrogen (secondary N) is 1. The zero-order valence-corrected chi connectivity index (χ0v) is 19.6. The average Bonchev–Trinajstić information content (AvgIpc) is 2.78. The third-order valence-corrected chi connectivity index (χ3v) is 6.17. The predicted molar refractivity (Wildman–Crippen MR) is 125 cm³/mol. The lowest BCUT2D eigenvalue weighted by molar-refractivity contribution is -0.138. The van der Waals surface area contributed by atoms with Crippen LogP contribution in [0.3, 0.4) is 0 Å². The molecule has 3 rings (SSSR count). The van der Waals surface area contributed by atoms with Gasteiger partial charge in [0.2, 0.25) is 0 Å². The zero-order chi connectivity index (χ0) is 26.7. The van der Waals surface area contributed by atoms with Gasteiger partial charge in [0, 0.05) is 23.1 Å². The van der Waals surface area contributed by atoms with E-state index in [1.807, 2.05) is 0 Å². The van der Waals surface area contributed by atoms with Crippen molar-refractivity contribution in [1.29, 1.82) is 0 Å². The van der Waals surface area contributed by atoms with E-state index in [-0.39, 0.29) is 34.7 Å². The Labute approximate surface area is 204 Å². The van der Waals surface area contributed by atoms with Crippen molar-refractivity contribution < 1.29 is 41.0 Å². The fourth-order valence-electron chi connectivity index (χ4n) is 3.21. The van der Waals surface area contributed by atoms with Gasteiger partial charge in [-0.15, -0.1) is 0 Å². The number of benzene rings is 3. The molecule has 0 spiro atoms. The molecule has 8 nitrogen and oxygen atoms in total. The molecule has 0 heterocycles. The summed E-state index contributed by atoms with van der Waals surface area (Å²) < 4.78 is 68.4. The smallest absolute Gasteiger partial charge is 0.416 e. The molecule has 0 saturated heterocycles. The van der Waals surface area contributed by atoms with E-state index in [2.05, 4.69) is 5.32 Å². The predicted octanol–water partition coefficient (Wildman–Crippen LogP) is 4.38. The Balaban J connectivity index is 1.80. The summed E-state index contributed by atoms with van der Waals surface area (Å²) in [6, 6.07) is 13.9. The van der Waals surface area contributed by atoms with Gasteiger partial charge in [0.25, 0.3) is 5.91 Å². The minimum Gasteiger partial charge on any atom is -0.481 e. The van der Waals surface area contributed by atoms with Gasteiger partial charge >= 0.3 is 12.1 Å². The minimum absolute atomic E-state index is 0.0315. The minimum atomic E-state index is -4.55. The van der Waals surface area contributed by atoms with Crippen molar-refractivity contribution in [3.8, 4) is 11.5 Å². The lowest BCUT2D eigenvalue weighted by Crippen LogP contribution is -2.21. The number of amides is 1. The van der Waals surface area contributed by atoms with Crippen LogP contribution >= 0.6 is 0 Å². The van der Waals surface area contributed by atoms with Gasteiger partial charge < -0.3 is 20.9 Å². The molecule has 190 valence electrons. The van der Waals surface area contributed by atoms with Crippen LogP contribution in [0.15, 0.2) is 66.7 Å². The van der Waals surface area contributed by atoms with Crippen molar-refractivity contribution in [3.05, 3.63) is 89.0 Å². The number of carbonyl (C=O) groups excluding carboxylic acids is 1. The molecule has 1 amide bonds. The molecular weight excluding hydrogens is 501 g/mol. The number of anilines is 1. The van der Waals surface area contributed by atoms with E-state index < -0.39 is 38.8 Å². The molecule has 36 heavy (non-hydrogen) atoms. The van der Waals surface area contributed by atoms with Crippen LogP contribution in [-0.4, -0.2) is 31.7 Å². The lowest BCUT2D eigenvalue weighted by atomic mass is 10.1. The second kappa shape index (κ2) is 10.4. The van der Waals surface area contributed by atoms with E-state index in [0.717, 1.165) is 18.4 Å². The highest BCUT2D eigenvalue weighted by Crippen LogP contribution is 2.33. The van der Waals surface area contributed by atoms with Crippen molar-refractivity contribution in [3.63, 3.8) is 0 Å². The second-order valence-corrected chi connectivity index (χ2v) is 10.0. The van der Waals surface area contributed by atoms with E-state index in [4.69, 9.17) is 15.6 Å². The monoisotopic (exact) mass is 522 g/mol. The first-order valence-electron chi connectivity index (χ1n) is 10.3. The third kappa shape index (κ3) is 6.83. The number of hydrogen-bond donors (Lipinski definition) is 3. The number of carboxylic acid groups (broad SMARTS) is 1. The standard InChI is InChI=1S/C24H21F3N2O6S/c1-36(33,34)22(28)19-11-14(12-21(30)31)5-10-20(19)35-18-8-6-15(7-9-18)23(32)29-17-4-2-3-16(13-17)24(25,26)27/h2-11,13,22H,12,28H2,1H3,(H,29,32)(H,30,31). The van der Waals surface area contributed by atoms with Gasteiger partial charge in [0.15, 0.2) is 9.84 Å². The molecule has 12 heteroatoms. The fourth-order valence-corrected chi connectivity index (χ4v) is 3.85. The van der Waals surface area contributed by atoms with Crippen LogP contribution in [-0.2, 0) is 27.2 Å². The normalized spacial score (nSPS) is 12.6. The quantitative estimate of drug-likeness (QED) is 0.399. The second-order valence-electron chi connectivity index (χ2n) is 7.85. The molecule has 1 atom stereocenters. The van der Waals surface area contributed by atoms with Crippen molar-refractivity contribution in [2.24, 2.45) is 5.73 Å². The zero-order valence-electron chi connectivity index (χ0n) is 18.7. The van der Waals surface area contributed by atoms with E-state index in [1.54, 1.807) is 0 Å². The molecule has 0 aliphatic carbocycles. The molecule has 0 saturated carbocycles. The number of carboxylic acids is 1. The summed E-state index contributed by atoms with van der Waals surface area (Å²) in [5.74, 6) is -1.48. The molecule has 0 radical (unpaired) electrons. The van der Waals surface area contributed by atoms with Crippen LogP contribution < -0.4 is 15.8 Å². The van der Waals surface area contributed by atoms with Gasteiger partial charge in [0.05, 0.1) is 12.0 Å². The molecule has 4 N–H and O–H groups in total. The summed E-state index contributed by atoms with van der Waals surface area (Å²) >= 11 is 0. The number of alkyl halides is 3. The maximum Gasteiger partial charge on any atom is 0.416 e. The van der Waals surface area contributed by atoms with E-state index in [9.17, 15) is 31.2 Å². The molecular formula is C24H21F3N2O6S. The highest BCUT2D eigenvalue weighted by molar-refractivity contribution is 7.90. The van der Waals surface area contributed by atoms with E-state index in [1.165, 1.54) is 54.6 Å². The van der Waals surface area contributed by atoms with Crippen LogP contribution in [0.5, 0.6) is 11.5 Å². The Morgan fingerprint density at radius 3 is 2.31 bits per heavy atom. The summed E-state index contributed by atoms with van der Waals surface area (Å²) in [6.07, 6.45) is -3.97. The van der Waals surface area contributed by atoms with Gasteiger partial charge in [-0.2, -0.15) is 13.2 Å². The first kappa shape index (κ1) is 26.7. The van der Waals surface area contributed by atoms with E-state index >= 15 is 0 Å². The maximum atomic E-state index is 12.9. The van der Waals surface area contributed by atoms with Crippen LogP contribution in [0.2, 0.25) is 0 Å². The molecule has 0 aliphatic heterocycles. The maximum absolute atomic E-state index is 12.9. The number of ether oxygens (including phenoxy) is 1. The Kier molecular flexibility index (Phi) is 7.70. The van der Waals surface area contributed by atoms with Gasteiger partial charge in [0.1, 0.15) is 16.9 Å². The van der Waals surface area contributed by atoms with Crippen molar-refractivity contribution in [2.45, 2.75) is 18.0 Å².